The number of nitrogens with one attached hydrogen (secondary N) is 1. The summed E-state index contributed by atoms with van der Waals surface area (Å²) >= 11 is 1.98. The monoisotopic (exact) mass is 197 g/mol. The molecule has 1 aromatic rings. The average Bonchev–Trinajstić information content (AvgIpc) is 2.71. The molecule has 4 heteroatoms. The van der Waals surface area contributed by atoms with E-state index in [0.717, 1.165) is 13.1 Å². The molecular weight excluding hydrogens is 182 g/mol. The lowest BCUT2D eigenvalue weighted by Gasteiger charge is -2.11. The summed E-state index contributed by atoms with van der Waals surface area (Å²) in [5.41, 5.74) is 1.30. The molecule has 2 unspecified atom stereocenters. The van der Waals surface area contributed by atoms with Crippen molar-refractivity contribution >= 4 is 11.8 Å². The summed E-state index contributed by atoms with van der Waals surface area (Å²) in [7, 11) is 0. The molecule has 1 fully saturated rings. The largest absolute Gasteiger partial charge is 0.299 e. The summed E-state index contributed by atoms with van der Waals surface area (Å²) < 4.78 is 2.06. The third-order valence-electron chi connectivity index (χ3n) is 2.28. The van der Waals surface area contributed by atoms with Crippen molar-refractivity contribution in [1.82, 2.24) is 15.1 Å². The molecule has 0 saturated carbocycles. The molecule has 1 saturated heterocycles. The highest BCUT2D eigenvalue weighted by molar-refractivity contribution is 8.00. The van der Waals surface area contributed by atoms with E-state index in [2.05, 4.69) is 35.0 Å². The molecule has 3 nitrogen and oxygen atoms in total. The van der Waals surface area contributed by atoms with Crippen LogP contribution in [0.5, 0.6) is 0 Å². The smallest absolute Gasteiger partial charge is 0.0962 e. The van der Waals surface area contributed by atoms with E-state index in [9.17, 15) is 0 Å². The molecule has 1 aliphatic heterocycles. The van der Waals surface area contributed by atoms with Gasteiger partial charge in [0.25, 0.3) is 0 Å². The van der Waals surface area contributed by atoms with Gasteiger partial charge in [-0.2, -0.15) is 5.10 Å². The minimum absolute atomic E-state index is 0.442. The standard InChI is InChI=1S/C9H15N3S/c1-3-12-8(4-5-11-12)9-10-6-7(2)13-9/h4-5,7,9-10H,3,6H2,1-2H3. The Morgan fingerprint density at radius 1 is 1.77 bits per heavy atom. The van der Waals surface area contributed by atoms with Gasteiger partial charge in [0.2, 0.25) is 0 Å². The number of thioether (sulfide) groups is 1. The van der Waals surface area contributed by atoms with E-state index in [-0.39, 0.29) is 0 Å². The van der Waals surface area contributed by atoms with Crippen LogP contribution >= 0.6 is 11.8 Å². The molecule has 72 valence electrons. The second-order valence-corrected chi connectivity index (χ2v) is 4.86. The number of hydrogen-bond donors (Lipinski definition) is 1. The molecule has 13 heavy (non-hydrogen) atoms. The molecule has 1 aromatic heterocycles. The Kier molecular flexibility index (Phi) is 2.60. The number of rotatable bonds is 2. The predicted octanol–water partition coefficient (Wildman–Crippen LogP) is 1.63. The van der Waals surface area contributed by atoms with E-state index in [1.54, 1.807) is 0 Å². The van der Waals surface area contributed by atoms with Crippen LogP contribution in [-0.2, 0) is 6.54 Å². The zero-order valence-corrected chi connectivity index (χ0v) is 8.84. The van der Waals surface area contributed by atoms with Crippen LogP contribution in [0.2, 0.25) is 0 Å². The summed E-state index contributed by atoms with van der Waals surface area (Å²) in [6, 6.07) is 2.10. The highest BCUT2D eigenvalue weighted by Gasteiger charge is 2.24. The SMILES string of the molecule is CCn1nccc1C1NCC(C)S1. The fraction of sp³-hybridized carbons (Fsp3) is 0.667. The fourth-order valence-electron chi connectivity index (χ4n) is 1.61. The highest BCUT2D eigenvalue weighted by Crippen LogP contribution is 2.34. The second kappa shape index (κ2) is 3.72. The van der Waals surface area contributed by atoms with Gasteiger partial charge in [-0.25, -0.2) is 0 Å². The van der Waals surface area contributed by atoms with Crippen molar-refractivity contribution in [2.24, 2.45) is 0 Å². The first-order valence-electron chi connectivity index (χ1n) is 4.72. The molecule has 2 atom stereocenters. The second-order valence-electron chi connectivity index (χ2n) is 3.31. The molecule has 1 aliphatic rings. The third-order valence-corrected chi connectivity index (χ3v) is 3.59. The van der Waals surface area contributed by atoms with Gasteiger partial charge in [0.1, 0.15) is 0 Å². The van der Waals surface area contributed by atoms with Gasteiger partial charge >= 0.3 is 0 Å². The molecule has 0 amide bonds. The Balaban J connectivity index is 2.16. The topological polar surface area (TPSA) is 29.9 Å². The maximum absolute atomic E-state index is 4.27. The summed E-state index contributed by atoms with van der Waals surface area (Å²) in [5, 5.41) is 8.91. The number of nitrogens with zero attached hydrogens (tertiary/aromatic N) is 2. The minimum Gasteiger partial charge on any atom is -0.299 e. The van der Waals surface area contributed by atoms with Gasteiger partial charge in [-0.15, -0.1) is 11.8 Å². The molecule has 2 rings (SSSR count). The van der Waals surface area contributed by atoms with Crippen molar-refractivity contribution in [3.63, 3.8) is 0 Å². The average molecular weight is 197 g/mol. The number of hydrogen-bond acceptors (Lipinski definition) is 3. The summed E-state index contributed by atoms with van der Waals surface area (Å²) in [6.45, 7) is 6.43. The van der Waals surface area contributed by atoms with E-state index in [1.165, 1.54) is 5.69 Å². The van der Waals surface area contributed by atoms with Crippen LogP contribution in [0.15, 0.2) is 12.3 Å². The van der Waals surface area contributed by atoms with Crippen LogP contribution in [0.1, 0.15) is 24.9 Å². The molecule has 0 radical (unpaired) electrons. The van der Waals surface area contributed by atoms with Crippen LogP contribution in [-0.4, -0.2) is 21.6 Å². The molecule has 0 bridgehead atoms. The predicted molar refractivity (Wildman–Crippen MR) is 55.7 cm³/mol. The van der Waals surface area contributed by atoms with Crippen molar-refractivity contribution in [3.05, 3.63) is 18.0 Å². The normalized spacial score (nSPS) is 28.2. The zero-order chi connectivity index (χ0) is 9.26. The van der Waals surface area contributed by atoms with E-state index < -0.39 is 0 Å². The van der Waals surface area contributed by atoms with Gasteiger partial charge in [-0.05, 0) is 13.0 Å². The zero-order valence-electron chi connectivity index (χ0n) is 8.03. The van der Waals surface area contributed by atoms with Crippen LogP contribution in [0.3, 0.4) is 0 Å². The van der Waals surface area contributed by atoms with Gasteiger partial charge in [0.15, 0.2) is 0 Å². The third kappa shape index (κ3) is 1.74. The first-order valence-corrected chi connectivity index (χ1v) is 5.66. The van der Waals surface area contributed by atoms with Crippen LogP contribution in [0.25, 0.3) is 0 Å². The Hall–Kier alpha value is -0.480. The molecule has 1 N–H and O–H groups in total. The van der Waals surface area contributed by atoms with E-state index >= 15 is 0 Å². The van der Waals surface area contributed by atoms with Crippen molar-refractivity contribution in [2.75, 3.05) is 6.54 Å². The van der Waals surface area contributed by atoms with E-state index in [4.69, 9.17) is 0 Å². The Bertz CT molecular complexity index is 284. The summed E-state index contributed by atoms with van der Waals surface area (Å²) in [6.07, 6.45) is 1.88. The molecule has 0 aliphatic carbocycles. The Morgan fingerprint density at radius 2 is 2.62 bits per heavy atom. The lowest BCUT2D eigenvalue weighted by molar-refractivity contribution is 0.590. The highest BCUT2D eigenvalue weighted by atomic mass is 32.2. The van der Waals surface area contributed by atoms with Gasteiger partial charge in [0, 0.05) is 24.5 Å². The number of aryl methyl sites for hydroxylation is 1. The van der Waals surface area contributed by atoms with Crippen molar-refractivity contribution in [1.29, 1.82) is 0 Å². The quantitative estimate of drug-likeness (QED) is 0.781. The van der Waals surface area contributed by atoms with Crippen LogP contribution in [0.4, 0.5) is 0 Å². The van der Waals surface area contributed by atoms with Crippen molar-refractivity contribution < 1.29 is 0 Å². The maximum Gasteiger partial charge on any atom is 0.0962 e. The van der Waals surface area contributed by atoms with Gasteiger partial charge in [0.05, 0.1) is 11.1 Å². The van der Waals surface area contributed by atoms with Crippen LogP contribution in [0, 0.1) is 0 Å². The number of aromatic nitrogens is 2. The molecule has 0 spiro atoms. The fourth-order valence-corrected chi connectivity index (χ4v) is 2.79. The van der Waals surface area contributed by atoms with Gasteiger partial charge < -0.3 is 0 Å². The van der Waals surface area contributed by atoms with Crippen LogP contribution < -0.4 is 5.32 Å². The van der Waals surface area contributed by atoms with Gasteiger partial charge in [-0.3, -0.25) is 10.00 Å². The first-order chi connectivity index (χ1) is 6.31. The van der Waals surface area contributed by atoms with Gasteiger partial charge in [-0.1, -0.05) is 6.92 Å². The van der Waals surface area contributed by atoms with E-state index in [0.29, 0.717) is 10.6 Å². The summed E-state index contributed by atoms with van der Waals surface area (Å²) in [4.78, 5) is 0. The summed E-state index contributed by atoms with van der Waals surface area (Å²) in [5.74, 6) is 0. The minimum atomic E-state index is 0.442. The lowest BCUT2D eigenvalue weighted by atomic mass is 10.4. The van der Waals surface area contributed by atoms with Crippen molar-refractivity contribution in [2.45, 2.75) is 31.0 Å². The Morgan fingerprint density at radius 3 is 3.23 bits per heavy atom. The maximum atomic E-state index is 4.27. The van der Waals surface area contributed by atoms with E-state index in [1.807, 2.05) is 18.0 Å². The molecular formula is C9H15N3S. The van der Waals surface area contributed by atoms with Crippen molar-refractivity contribution in [3.8, 4) is 0 Å². The molecule has 2 heterocycles. The molecule has 0 aromatic carbocycles. The Labute approximate surface area is 82.9 Å². The first kappa shape index (κ1) is 9.09. The lowest BCUT2D eigenvalue weighted by Crippen LogP contribution is -2.17.